The lowest BCUT2D eigenvalue weighted by Gasteiger charge is -2.00. The molecule has 2 aromatic heterocycles. The first-order chi connectivity index (χ1) is 8.97. The number of aryl methyl sites for hydroxylation is 1. The van der Waals surface area contributed by atoms with Crippen LogP contribution in [0.2, 0.25) is 5.15 Å². The Morgan fingerprint density at radius 2 is 2.37 bits per heavy atom. The van der Waals surface area contributed by atoms with E-state index in [9.17, 15) is 4.79 Å². The van der Waals surface area contributed by atoms with Gasteiger partial charge in [-0.15, -0.1) is 11.3 Å². The van der Waals surface area contributed by atoms with E-state index in [1.807, 2.05) is 18.5 Å². The summed E-state index contributed by atoms with van der Waals surface area (Å²) in [5.74, 6) is 0.685. The van der Waals surface area contributed by atoms with Crippen LogP contribution >= 0.6 is 34.7 Å². The average molecular weight is 318 g/mol. The minimum atomic E-state index is -0.834. The highest BCUT2D eigenvalue weighted by Gasteiger charge is 2.12. The summed E-state index contributed by atoms with van der Waals surface area (Å²) in [4.78, 5) is 20.1. The van der Waals surface area contributed by atoms with Gasteiger partial charge >= 0.3 is 5.97 Å². The molecular weight excluding hydrogens is 306 g/mol. The Kier molecular flexibility index (Phi) is 4.49. The van der Waals surface area contributed by atoms with Crippen LogP contribution in [0, 0.1) is 6.92 Å². The van der Waals surface area contributed by atoms with Crippen molar-refractivity contribution < 1.29 is 9.90 Å². The van der Waals surface area contributed by atoms with Gasteiger partial charge in [0.2, 0.25) is 0 Å². The monoisotopic (exact) mass is 317 g/mol. The highest BCUT2D eigenvalue weighted by Crippen LogP contribution is 2.30. The number of carboxylic acids is 1. The Morgan fingerprint density at radius 1 is 1.63 bits per heavy atom. The van der Waals surface area contributed by atoms with Crippen LogP contribution in [0.25, 0.3) is 0 Å². The number of hydrogen-bond acceptors (Lipinski definition) is 5. The van der Waals surface area contributed by atoms with Crippen LogP contribution in [-0.4, -0.2) is 25.6 Å². The van der Waals surface area contributed by atoms with Gasteiger partial charge in [-0.2, -0.15) is 0 Å². The van der Waals surface area contributed by atoms with Crippen molar-refractivity contribution in [1.82, 2.24) is 14.5 Å². The molecule has 1 N–H and O–H groups in total. The van der Waals surface area contributed by atoms with Gasteiger partial charge in [-0.25, -0.2) is 9.97 Å². The van der Waals surface area contributed by atoms with E-state index in [0.717, 1.165) is 20.7 Å². The summed E-state index contributed by atoms with van der Waals surface area (Å²) in [6, 6.07) is 0. The molecule has 5 nitrogen and oxygen atoms in total. The first-order valence-corrected chi connectivity index (χ1v) is 7.62. The highest BCUT2D eigenvalue weighted by atomic mass is 35.5. The number of thiazole rings is 1. The first-order valence-electron chi connectivity index (χ1n) is 5.44. The second-order valence-electron chi connectivity index (χ2n) is 3.90. The van der Waals surface area contributed by atoms with Crippen molar-refractivity contribution >= 4 is 40.7 Å². The molecule has 0 saturated carbocycles. The Hall–Kier alpha value is -1.05. The zero-order valence-electron chi connectivity index (χ0n) is 10.4. The van der Waals surface area contributed by atoms with Crippen LogP contribution in [0.5, 0.6) is 0 Å². The lowest BCUT2D eigenvalue weighted by atomic mass is 10.3. The highest BCUT2D eigenvalue weighted by molar-refractivity contribution is 8.00. The molecule has 0 atom stereocenters. The fourth-order valence-electron chi connectivity index (χ4n) is 1.45. The van der Waals surface area contributed by atoms with E-state index in [4.69, 9.17) is 16.7 Å². The molecule has 0 spiro atoms. The Balaban J connectivity index is 2.04. The van der Waals surface area contributed by atoms with Crippen molar-refractivity contribution in [3.63, 3.8) is 0 Å². The van der Waals surface area contributed by atoms with Crippen molar-refractivity contribution in [3.8, 4) is 0 Å². The van der Waals surface area contributed by atoms with Gasteiger partial charge in [0.15, 0.2) is 4.34 Å². The molecule has 2 aromatic rings. The van der Waals surface area contributed by atoms with Gasteiger partial charge < -0.3 is 9.67 Å². The summed E-state index contributed by atoms with van der Waals surface area (Å²) < 4.78 is 2.67. The van der Waals surface area contributed by atoms with Gasteiger partial charge in [0, 0.05) is 11.9 Å². The van der Waals surface area contributed by atoms with E-state index in [1.54, 1.807) is 6.20 Å². The number of thioether (sulfide) groups is 1. The largest absolute Gasteiger partial charge is 0.481 e. The maximum absolute atomic E-state index is 10.7. The number of halogens is 1. The lowest BCUT2D eigenvalue weighted by Crippen LogP contribution is -1.99. The fourth-order valence-corrected chi connectivity index (χ4v) is 3.81. The molecule has 19 heavy (non-hydrogen) atoms. The number of rotatable bonds is 5. The Morgan fingerprint density at radius 3 is 2.95 bits per heavy atom. The van der Waals surface area contributed by atoms with Crippen LogP contribution in [0.4, 0.5) is 0 Å². The second kappa shape index (κ2) is 5.94. The van der Waals surface area contributed by atoms with Crippen LogP contribution in [0.3, 0.4) is 0 Å². The molecule has 0 radical (unpaired) electrons. The van der Waals surface area contributed by atoms with Gasteiger partial charge in [0.05, 0.1) is 24.1 Å². The maximum atomic E-state index is 10.7. The molecule has 0 aliphatic rings. The third kappa shape index (κ3) is 3.49. The molecule has 0 bridgehead atoms. The van der Waals surface area contributed by atoms with Gasteiger partial charge in [-0.1, -0.05) is 23.4 Å². The van der Waals surface area contributed by atoms with E-state index >= 15 is 0 Å². The zero-order chi connectivity index (χ0) is 14.0. The van der Waals surface area contributed by atoms with Gasteiger partial charge in [0.25, 0.3) is 0 Å². The van der Waals surface area contributed by atoms with E-state index in [0.29, 0.717) is 10.9 Å². The summed E-state index contributed by atoms with van der Waals surface area (Å²) in [6.45, 7) is 1.83. The molecule has 0 saturated heterocycles. The SMILES string of the molecule is Cc1nc(SCc2ncc(Cl)n2C)sc1CC(=O)O. The smallest absolute Gasteiger partial charge is 0.308 e. The van der Waals surface area contributed by atoms with E-state index in [1.165, 1.54) is 23.1 Å². The minimum absolute atomic E-state index is 0.0261. The number of imidazole rings is 1. The summed E-state index contributed by atoms with van der Waals surface area (Å²) in [5, 5.41) is 9.39. The summed E-state index contributed by atoms with van der Waals surface area (Å²) in [6.07, 6.45) is 1.64. The molecule has 0 aliphatic carbocycles. The second-order valence-corrected chi connectivity index (χ2v) is 6.60. The predicted molar refractivity (Wildman–Crippen MR) is 76.0 cm³/mol. The van der Waals surface area contributed by atoms with Crippen molar-refractivity contribution in [3.05, 3.63) is 27.7 Å². The summed E-state index contributed by atoms with van der Waals surface area (Å²) in [5.41, 5.74) is 0.785. The van der Waals surface area contributed by atoms with Crippen molar-refractivity contribution in [1.29, 1.82) is 0 Å². The minimum Gasteiger partial charge on any atom is -0.481 e. The summed E-state index contributed by atoms with van der Waals surface area (Å²) >= 11 is 8.87. The van der Waals surface area contributed by atoms with E-state index < -0.39 is 5.97 Å². The van der Waals surface area contributed by atoms with Crippen LogP contribution in [-0.2, 0) is 24.0 Å². The third-order valence-corrected chi connectivity index (χ3v) is 5.18. The molecule has 0 fully saturated rings. The van der Waals surface area contributed by atoms with Crippen LogP contribution < -0.4 is 0 Å². The predicted octanol–water partition coefficient (Wildman–Crippen LogP) is 2.76. The molecule has 8 heteroatoms. The number of carboxylic acid groups (broad SMARTS) is 1. The zero-order valence-corrected chi connectivity index (χ0v) is 12.8. The molecule has 102 valence electrons. The Labute approximate surface area is 123 Å². The molecule has 0 aliphatic heterocycles. The van der Waals surface area contributed by atoms with Crippen LogP contribution in [0.15, 0.2) is 10.5 Å². The van der Waals surface area contributed by atoms with Gasteiger partial charge in [0.1, 0.15) is 11.0 Å². The Bertz CT molecular complexity index is 609. The number of aliphatic carboxylic acids is 1. The standard InChI is InChI=1S/C11H12ClN3O2S2/c1-6-7(3-10(16)17)19-11(14-6)18-5-9-13-4-8(12)15(9)2/h4H,3,5H2,1-2H3,(H,16,17). The molecule has 0 unspecified atom stereocenters. The average Bonchev–Trinajstić information content (AvgIpc) is 2.82. The fraction of sp³-hybridized carbons (Fsp3) is 0.364. The number of hydrogen-bond donors (Lipinski definition) is 1. The number of aromatic nitrogens is 3. The molecule has 2 rings (SSSR count). The molecule has 0 aromatic carbocycles. The van der Waals surface area contributed by atoms with Crippen molar-refractivity contribution in [2.45, 2.75) is 23.4 Å². The lowest BCUT2D eigenvalue weighted by molar-refractivity contribution is -0.136. The number of nitrogens with zero attached hydrogens (tertiary/aromatic N) is 3. The van der Waals surface area contributed by atoms with E-state index in [2.05, 4.69) is 9.97 Å². The normalized spacial score (nSPS) is 10.9. The maximum Gasteiger partial charge on any atom is 0.308 e. The molecular formula is C11H12ClN3O2S2. The van der Waals surface area contributed by atoms with Gasteiger partial charge in [-0.05, 0) is 6.92 Å². The molecule has 2 heterocycles. The van der Waals surface area contributed by atoms with Crippen LogP contribution in [0.1, 0.15) is 16.4 Å². The van der Waals surface area contributed by atoms with Crippen molar-refractivity contribution in [2.75, 3.05) is 0 Å². The third-order valence-electron chi connectivity index (χ3n) is 2.54. The quantitative estimate of drug-likeness (QED) is 0.859. The number of carbonyl (C=O) groups is 1. The topological polar surface area (TPSA) is 68.0 Å². The summed E-state index contributed by atoms with van der Waals surface area (Å²) in [7, 11) is 1.86. The molecule has 0 amide bonds. The van der Waals surface area contributed by atoms with Gasteiger partial charge in [-0.3, -0.25) is 4.79 Å². The first kappa shape index (κ1) is 14.4. The van der Waals surface area contributed by atoms with Crippen molar-refractivity contribution in [2.24, 2.45) is 7.05 Å². The van der Waals surface area contributed by atoms with E-state index in [-0.39, 0.29) is 6.42 Å².